The fraction of sp³-hybridized carbons (Fsp3) is 1.00. The third-order valence-electron chi connectivity index (χ3n) is 2.91. The highest BCUT2D eigenvalue weighted by molar-refractivity contribution is 5.01. The molecule has 2 aliphatic rings. The van der Waals surface area contributed by atoms with E-state index in [0.29, 0.717) is 6.10 Å². The van der Waals surface area contributed by atoms with Crippen molar-refractivity contribution in [2.24, 2.45) is 5.92 Å². The number of likely N-dealkylation sites (tertiary alicyclic amines) is 1. The molecule has 2 heteroatoms. The topological polar surface area (TPSA) is 15.8 Å². The van der Waals surface area contributed by atoms with Crippen molar-refractivity contribution in [1.82, 2.24) is 4.90 Å². The van der Waals surface area contributed by atoms with Crippen molar-refractivity contribution < 1.29 is 4.74 Å². The Kier molecular flexibility index (Phi) is 1.52. The second-order valence-electron chi connectivity index (χ2n) is 4.45. The summed E-state index contributed by atoms with van der Waals surface area (Å²) in [4.78, 5) is 2.39. The molecule has 0 aromatic rings. The zero-order chi connectivity index (χ0) is 8.06. The summed E-state index contributed by atoms with van der Waals surface area (Å²) in [6.07, 6.45) is 1.87. The Bertz CT molecular complexity index is 167. The Balaban J connectivity index is 1.90. The van der Waals surface area contributed by atoms with Crippen LogP contribution in [0.2, 0.25) is 0 Å². The number of epoxide rings is 1. The molecule has 0 radical (unpaired) electrons. The van der Waals surface area contributed by atoms with Gasteiger partial charge in [-0.15, -0.1) is 0 Å². The average molecular weight is 155 g/mol. The van der Waals surface area contributed by atoms with Crippen molar-refractivity contribution in [3.05, 3.63) is 0 Å². The maximum atomic E-state index is 5.61. The minimum absolute atomic E-state index is 0.190. The summed E-state index contributed by atoms with van der Waals surface area (Å²) in [6.45, 7) is 6.86. The molecule has 2 fully saturated rings. The number of hydrogen-bond acceptors (Lipinski definition) is 2. The fourth-order valence-electron chi connectivity index (χ4n) is 2.17. The van der Waals surface area contributed by atoms with E-state index in [4.69, 9.17) is 4.74 Å². The quantitative estimate of drug-likeness (QED) is 0.527. The zero-order valence-corrected chi connectivity index (χ0v) is 7.63. The average Bonchev–Trinajstić information content (AvgIpc) is 2.39. The van der Waals surface area contributed by atoms with Crippen LogP contribution in [0, 0.1) is 5.92 Å². The summed E-state index contributed by atoms with van der Waals surface area (Å²) in [5.41, 5.74) is 0.190. The molecular weight excluding hydrogens is 138 g/mol. The van der Waals surface area contributed by atoms with Crippen LogP contribution >= 0.6 is 0 Å². The molecule has 0 aromatic heterocycles. The molecule has 64 valence electrons. The molecule has 2 unspecified atom stereocenters. The van der Waals surface area contributed by atoms with Crippen LogP contribution in [0.1, 0.15) is 20.3 Å². The Morgan fingerprint density at radius 2 is 2.09 bits per heavy atom. The highest BCUT2D eigenvalue weighted by atomic mass is 16.6. The fourth-order valence-corrected chi connectivity index (χ4v) is 2.17. The van der Waals surface area contributed by atoms with Crippen LogP contribution in [0.4, 0.5) is 0 Å². The first-order chi connectivity index (χ1) is 5.09. The van der Waals surface area contributed by atoms with E-state index in [1.165, 1.54) is 19.5 Å². The lowest BCUT2D eigenvalue weighted by Gasteiger charge is -2.07. The molecule has 2 nitrogen and oxygen atoms in total. The molecule has 2 rings (SSSR count). The Labute approximate surface area is 68.5 Å². The van der Waals surface area contributed by atoms with E-state index in [0.717, 1.165) is 5.92 Å². The number of ether oxygens (including phenoxy) is 1. The first-order valence-corrected chi connectivity index (χ1v) is 4.46. The van der Waals surface area contributed by atoms with E-state index < -0.39 is 0 Å². The van der Waals surface area contributed by atoms with Crippen molar-refractivity contribution in [2.45, 2.75) is 32.0 Å². The van der Waals surface area contributed by atoms with Crippen LogP contribution in [0.25, 0.3) is 0 Å². The van der Waals surface area contributed by atoms with Crippen LogP contribution in [0.5, 0.6) is 0 Å². The first kappa shape index (κ1) is 7.56. The second kappa shape index (κ2) is 2.20. The van der Waals surface area contributed by atoms with Gasteiger partial charge in [0.25, 0.3) is 0 Å². The van der Waals surface area contributed by atoms with E-state index >= 15 is 0 Å². The SMILES string of the molecule is CN1CCC(C2OC2(C)C)C1. The van der Waals surface area contributed by atoms with Crippen molar-refractivity contribution in [3.8, 4) is 0 Å². The first-order valence-electron chi connectivity index (χ1n) is 4.46. The summed E-state index contributed by atoms with van der Waals surface area (Å²) in [6, 6.07) is 0. The molecule has 2 saturated heterocycles. The molecule has 0 aliphatic carbocycles. The molecule has 0 bridgehead atoms. The second-order valence-corrected chi connectivity index (χ2v) is 4.45. The molecular formula is C9H17NO. The van der Waals surface area contributed by atoms with Gasteiger partial charge in [0.2, 0.25) is 0 Å². The molecule has 11 heavy (non-hydrogen) atoms. The number of nitrogens with zero attached hydrogens (tertiary/aromatic N) is 1. The van der Waals surface area contributed by atoms with Crippen molar-refractivity contribution >= 4 is 0 Å². The Morgan fingerprint density at radius 1 is 1.45 bits per heavy atom. The monoisotopic (exact) mass is 155 g/mol. The standard InChI is InChI=1S/C9H17NO/c1-9(2)8(11-9)7-4-5-10(3)6-7/h7-8H,4-6H2,1-3H3. The zero-order valence-electron chi connectivity index (χ0n) is 7.63. The van der Waals surface area contributed by atoms with E-state index in [2.05, 4.69) is 25.8 Å². The van der Waals surface area contributed by atoms with Gasteiger partial charge in [-0.25, -0.2) is 0 Å². The van der Waals surface area contributed by atoms with Gasteiger partial charge in [0.15, 0.2) is 0 Å². The molecule has 2 aliphatic heterocycles. The van der Waals surface area contributed by atoms with Gasteiger partial charge in [0.05, 0.1) is 11.7 Å². The molecule has 0 N–H and O–H groups in total. The summed E-state index contributed by atoms with van der Waals surface area (Å²) in [5, 5.41) is 0. The van der Waals surface area contributed by atoms with Gasteiger partial charge < -0.3 is 9.64 Å². The van der Waals surface area contributed by atoms with Gasteiger partial charge in [-0.3, -0.25) is 0 Å². The number of rotatable bonds is 1. The van der Waals surface area contributed by atoms with Crippen LogP contribution in [0.3, 0.4) is 0 Å². The maximum absolute atomic E-state index is 5.61. The largest absolute Gasteiger partial charge is 0.366 e. The highest BCUT2D eigenvalue weighted by Crippen LogP contribution is 2.43. The maximum Gasteiger partial charge on any atom is 0.0908 e. The molecule has 0 saturated carbocycles. The molecule has 2 heterocycles. The van der Waals surface area contributed by atoms with E-state index in [-0.39, 0.29) is 5.60 Å². The van der Waals surface area contributed by atoms with Crippen molar-refractivity contribution in [1.29, 1.82) is 0 Å². The third kappa shape index (κ3) is 1.30. The number of hydrogen-bond donors (Lipinski definition) is 0. The van der Waals surface area contributed by atoms with Crippen LogP contribution < -0.4 is 0 Å². The van der Waals surface area contributed by atoms with Gasteiger partial charge in [-0.1, -0.05) is 0 Å². The predicted octanol–water partition coefficient (Wildman–Crippen LogP) is 1.12. The normalized spacial score (nSPS) is 42.8. The minimum atomic E-state index is 0.190. The van der Waals surface area contributed by atoms with Crippen LogP contribution in [-0.2, 0) is 4.74 Å². The van der Waals surface area contributed by atoms with E-state index in [1.807, 2.05) is 0 Å². The molecule has 0 amide bonds. The molecule has 0 spiro atoms. The summed E-state index contributed by atoms with van der Waals surface area (Å²) in [7, 11) is 2.19. The van der Waals surface area contributed by atoms with Gasteiger partial charge in [0.1, 0.15) is 0 Å². The van der Waals surface area contributed by atoms with Crippen LogP contribution in [-0.4, -0.2) is 36.7 Å². The Morgan fingerprint density at radius 3 is 2.45 bits per heavy atom. The molecule has 0 aromatic carbocycles. The van der Waals surface area contributed by atoms with Gasteiger partial charge in [0, 0.05) is 12.5 Å². The van der Waals surface area contributed by atoms with Gasteiger partial charge in [-0.2, -0.15) is 0 Å². The summed E-state index contributed by atoms with van der Waals surface area (Å²) >= 11 is 0. The third-order valence-corrected chi connectivity index (χ3v) is 2.91. The lowest BCUT2D eigenvalue weighted by Crippen LogP contribution is -2.19. The van der Waals surface area contributed by atoms with Gasteiger partial charge >= 0.3 is 0 Å². The summed E-state index contributed by atoms with van der Waals surface area (Å²) in [5.74, 6) is 0.801. The van der Waals surface area contributed by atoms with E-state index in [1.54, 1.807) is 0 Å². The Hall–Kier alpha value is -0.0800. The van der Waals surface area contributed by atoms with Crippen LogP contribution in [0.15, 0.2) is 0 Å². The van der Waals surface area contributed by atoms with Gasteiger partial charge in [-0.05, 0) is 33.9 Å². The highest BCUT2D eigenvalue weighted by Gasteiger charge is 2.53. The van der Waals surface area contributed by atoms with E-state index in [9.17, 15) is 0 Å². The van der Waals surface area contributed by atoms with Crippen molar-refractivity contribution in [3.63, 3.8) is 0 Å². The lowest BCUT2D eigenvalue weighted by atomic mass is 9.97. The molecule has 2 atom stereocenters. The smallest absolute Gasteiger partial charge is 0.0908 e. The van der Waals surface area contributed by atoms with Crippen molar-refractivity contribution in [2.75, 3.05) is 20.1 Å². The minimum Gasteiger partial charge on any atom is -0.366 e. The predicted molar refractivity (Wildman–Crippen MR) is 44.6 cm³/mol. The summed E-state index contributed by atoms with van der Waals surface area (Å²) < 4.78 is 5.61. The lowest BCUT2D eigenvalue weighted by molar-refractivity contribution is 0.290.